The molecule has 5 nitrogen and oxygen atoms in total. The standard InChI is InChI=1S/C27H24FN3O2/c1-32-23-15-20-9-6-14-31-26(22(20)16-24(23)33-2)25(19-7-4-3-5-8-19)30-27(31)29-17-18-10-12-21(28)13-11-18/h3-5,7-8,10-13,15-17H,6,9,14H2,1-2H3/b29-17+. The molecule has 2 heterocycles. The predicted molar refractivity (Wildman–Crippen MR) is 128 cm³/mol. The van der Waals surface area contributed by atoms with Crippen molar-refractivity contribution in [3.8, 4) is 34.0 Å². The molecular formula is C27H24FN3O2. The highest BCUT2D eigenvalue weighted by Crippen LogP contribution is 2.43. The Bertz CT molecular complexity index is 1310. The third kappa shape index (κ3) is 4.00. The van der Waals surface area contributed by atoms with Crippen molar-refractivity contribution in [1.82, 2.24) is 9.55 Å². The molecule has 0 saturated carbocycles. The fraction of sp³-hybridized carbons (Fsp3) is 0.185. The van der Waals surface area contributed by atoms with Gasteiger partial charge in [0.2, 0.25) is 5.95 Å². The SMILES string of the molecule is COc1cc2c(cc1OC)-c1c(-c3ccccc3)nc(/N=C/c3ccc(F)cc3)n1CCC2. The maximum Gasteiger partial charge on any atom is 0.230 e. The number of methoxy groups -OCH3 is 2. The number of ether oxygens (including phenoxy) is 2. The maximum absolute atomic E-state index is 13.3. The fourth-order valence-electron chi connectivity index (χ4n) is 4.28. The van der Waals surface area contributed by atoms with Crippen LogP contribution >= 0.6 is 0 Å². The normalized spacial score (nSPS) is 12.8. The van der Waals surface area contributed by atoms with Crippen LogP contribution in [0.3, 0.4) is 0 Å². The van der Waals surface area contributed by atoms with Crippen molar-refractivity contribution in [3.05, 3.63) is 83.7 Å². The van der Waals surface area contributed by atoms with Gasteiger partial charge in [0.1, 0.15) is 5.82 Å². The molecule has 6 heteroatoms. The molecule has 1 aromatic heterocycles. The lowest BCUT2D eigenvalue weighted by atomic mass is 9.97. The maximum atomic E-state index is 13.3. The summed E-state index contributed by atoms with van der Waals surface area (Å²) in [5.41, 5.74) is 5.98. The Labute approximate surface area is 192 Å². The summed E-state index contributed by atoms with van der Waals surface area (Å²) >= 11 is 0. The van der Waals surface area contributed by atoms with Gasteiger partial charge >= 0.3 is 0 Å². The average molecular weight is 442 g/mol. The molecule has 1 aliphatic heterocycles. The Kier molecular flexibility index (Phi) is 5.65. The number of nitrogens with zero attached hydrogens (tertiary/aromatic N) is 3. The van der Waals surface area contributed by atoms with Gasteiger partial charge in [0.15, 0.2) is 11.5 Å². The van der Waals surface area contributed by atoms with Crippen LogP contribution in [0.15, 0.2) is 71.7 Å². The third-order valence-corrected chi connectivity index (χ3v) is 5.89. The monoisotopic (exact) mass is 441 g/mol. The van der Waals surface area contributed by atoms with Gasteiger partial charge < -0.3 is 14.0 Å². The number of fused-ring (bicyclic) bond motifs is 3. The van der Waals surface area contributed by atoms with Crippen LogP contribution in [-0.2, 0) is 13.0 Å². The summed E-state index contributed by atoms with van der Waals surface area (Å²) in [5.74, 6) is 1.76. The number of aryl methyl sites for hydroxylation is 1. The van der Waals surface area contributed by atoms with Crippen molar-refractivity contribution in [2.45, 2.75) is 19.4 Å². The number of rotatable bonds is 5. The van der Waals surface area contributed by atoms with E-state index in [1.54, 1.807) is 32.6 Å². The summed E-state index contributed by atoms with van der Waals surface area (Å²) < 4.78 is 26.6. The summed E-state index contributed by atoms with van der Waals surface area (Å²) in [6, 6.07) is 20.5. The van der Waals surface area contributed by atoms with Crippen LogP contribution in [-0.4, -0.2) is 30.0 Å². The lowest BCUT2D eigenvalue weighted by Gasteiger charge is -2.14. The van der Waals surface area contributed by atoms with Crippen molar-refractivity contribution in [1.29, 1.82) is 0 Å². The number of aliphatic imine (C=N–C) groups is 1. The summed E-state index contributed by atoms with van der Waals surface area (Å²) in [4.78, 5) is 9.66. The molecular weight excluding hydrogens is 417 g/mol. The molecule has 0 atom stereocenters. The van der Waals surface area contributed by atoms with Gasteiger partial charge in [-0.25, -0.2) is 14.4 Å². The third-order valence-electron chi connectivity index (χ3n) is 5.89. The van der Waals surface area contributed by atoms with Gasteiger partial charge in [-0.05, 0) is 48.2 Å². The van der Waals surface area contributed by atoms with Gasteiger partial charge in [-0.1, -0.05) is 42.5 Å². The zero-order valence-electron chi connectivity index (χ0n) is 18.6. The minimum Gasteiger partial charge on any atom is -0.493 e. The second kappa shape index (κ2) is 8.90. The molecule has 33 heavy (non-hydrogen) atoms. The van der Waals surface area contributed by atoms with E-state index in [4.69, 9.17) is 19.5 Å². The Hall–Kier alpha value is -3.93. The van der Waals surface area contributed by atoms with Crippen LogP contribution in [0.25, 0.3) is 22.5 Å². The van der Waals surface area contributed by atoms with E-state index in [0.29, 0.717) is 11.7 Å². The van der Waals surface area contributed by atoms with Crippen LogP contribution in [0.4, 0.5) is 10.3 Å². The lowest BCUT2D eigenvalue weighted by Crippen LogP contribution is -1.99. The van der Waals surface area contributed by atoms with Gasteiger partial charge in [-0.3, -0.25) is 0 Å². The van der Waals surface area contributed by atoms with E-state index in [1.165, 1.54) is 17.7 Å². The van der Waals surface area contributed by atoms with Crippen LogP contribution in [0, 0.1) is 5.82 Å². The van der Waals surface area contributed by atoms with Gasteiger partial charge in [0.05, 0.1) is 25.6 Å². The molecule has 0 amide bonds. The van der Waals surface area contributed by atoms with Crippen molar-refractivity contribution in [2.75, 3.05) is 14.2 Å². The molecule has 0 radical (unpaired) electrons. The highest BCUT2D eigenvalue weighted by molar-refractivity contribution is 5.86. The molecule has 0 bridgehead atoms. The molecule has 0 unspecified atom stereocenters. The summed E-state index contributed by atoms with van der Waals surface area (Å²) in [6.45, 7) is 0.782. The lowest BCUT2D eigenvalue weighted by molar-refractivity contribution is 0.354. The largest absolute Gasteiger partial charge is 0.493 e. The first-order valence-corrected chi connectivity index (χ1v) is 10.9. The first-order chi connectivity index (χ1) is 16.2. The van der Waals surface area contributed by atoms with E-state index >= 15 is 0 Å². The topological polar surface area (TPSA) is 48.6 Å². The van der Waals surface area contributed by atoms with Crippen molar-refractivity contribution in [2.24, 2.45) is 4.99 Å². The molecule has 166 valence electrons. The minimum absolute atomic E-state index is 0.269. The number of imidazole rings is 1. The quantitative estimate of drug-likeness (QED) is 0.353. The number of benzene rings is 3. The van der Waals surface area contributed by atoms with Gasteiger partial charge in [-0.2, -0.15) is 0 Å². The van der Waals surface area contributed by atoms with Crippen LogP contribution in [0.5, 0.6) is 11.5 Å². The molecule has 0 N–H and O–H groups in total. The van der Waals surface area contributed by atoms with E-state index in [9.17, 15) is 4.39 Å². The molecule has 5 rings (SSSR count). The van der Waals surface area contributed by atoms with Crippen molar-refractivity contribution in [3.63, 3.8) is 0 Å². The second-order valence-corrected chi connectivity index (χ2v) is 7.90. The summed E-state index contributed by atoms with van der Waals surface area (Å²) in [7, 11) is 3.30. The smallest absolute Gasteiger partial charge is 0.230 e. The van der Waals surface area contributed by atoms with E-state index in [0.717, 1.165) is 53.2 Å². The first-order valence-electron chi connectivity index (χ1n) is 10.9. The number of hydrogen-bond acceptors (Lipinski definition) is 4. The van der Waals surface area contributed by atoms with Crippen molar-refractivity contribution >= 4 is 12.2 Å². The Morgan fingerprint density at radius 1 is 0.970 bits per heavy atom. The summed E-state index contributed by atoms with van der Waals surface area (Å²) in [6.07, 6.45) is 3.58. The Morgan fingerprint density at radius 2 is 1.70 bits per heavy atom. The Morgan fingerprint density at radius 3 is 2.42 bits per heavy atom. The predicted octanol–water partition coefficient (Wildman–Crippen LogP) is 6.07. The van der Waals surface area contributed by atoms with Crippen LogP contribution < -0.4 is 9.47 Å². The van der Waals surface area contributed by atoms with Gasteiger partial charge in [0, 0.05) is 23.9 Å². The molecule has 0 fully saturated rings. The fourth-order valence-corrected chi connectivity index (χ4v) is 4.28. The zero-order valence-corrected chi connectivity index (χ0v) is 18.6. The van der Waals surface area contributed by atoms with Gasteiger partial charge in [0.25, 0.3) is 0 Å². The van der Waals surface area contributed by atoms with Crippen LogP contribution in [0.1, 0.15) is 17.5 Å². The minimum atomic E-state index is -0.269. The van der Waals surface area contributed by atoms with Crippen LogP contribution in [0.2, 0.25) is 0 Å². The first kappa shape index (κ1) is 20.9. The molecule has 1 aliphatic rings. The molecule has 0 spiro atoms. The molecule has 0 saturated heterocycles. The second-order valence-electron chi connectivity index (χ2n) is 7.90. The van der Waals surface area contributed by atoms with Crippen molar-refractivity contribution < 1.29 is 13.9 Å². The molecule has 3 aromatic carbocycles. The highest BCUT2D eigenvalue weighted by Gasteiger charge is 2.25. The summed E-state index contributed by atoms with van der Waals surface area (Å²) in [5, 5.41) is 0. The number of hydrogen-bond donors (Lipinski definition) is 0. The van der Waals surface area contributed by atoms with E-state index in [1.807, 2.05) is 24.3 Å². The number of halogens is 1. The molecule has 0 aliphatic carbocycles. The van der Waals surface area contributed by atoms with E-state index < -0.39 is 0 Å². The number of aromatic nitrogens is 2. The molecule has 4 aromatic rings. The van der Waals surface area contributed by atoms with Gasteiger partial charge in [-0.15, -0.1) is 0 Å². The average Bonchev–Trinajstić information content (AvgIpc) is 3.11. The van der Waals surface area contributed by atoms with E-state index in [2.05, 4.69) is 22.8 Å². The van der Waals surface area contributed by atoms with E-state index in [-0.39, 0.29) is 5.82 Å². The highest BCUT2D eigenvalue weighted by atomic mass is 19.1. The Balaban J connectivity index is 1.71. The zero-order chi connectivity index (χ0) is 22.8.